The van der Waals surface area contributed by atoms with Crippen molar-refractivity contribution in [1.29, 1.82) is 0 Å². The van der Waals surface area contributed by atoms with E-state index in [0.717, 1.165) is 38.3 Å². The molecule has 1 fully saturated rings. The minimum Gasteiger partial charge on any atom is -0.369 e. The van der Waals surface area contributed by atoms with E-state index in [1.165, 1.54) is 17.7 Å². The summed E-state index contributed by atoms with van der Waals surface area (Å²) in [5, 5.41) is 13.9. The first-order valence-electron chi connectivity index (χ1n) is 10.6. The Balaban J connectivity index is 1.48. The van der Waals surface area contributed by atoms with Crippen molar-refractivity contribution in [2.45, 2.75) is 32.2 Å². The number of nitrogens with zero attached hydrogens (tertiary/aromatic N) is 3. The fourth-order valence-electron chi connectivity index (χ4n) is 3.91. The zero-order valence-corrected chi connectivity index (χ0v) is 17.7. The molecule has 2 atom stereocenters. The van der Waals surface area contributed by atoms with E-state index in [4.69, 9.17) is 0 Å². The standard InChI is InChI=1S/C23H30N4O3/c1-3-19(20-7-5-4-6-8-20)17-24-23(28)18(2)25-13-15-26(16-14-25)21-9-11-22(12-10-21)27(29)30/h4-12,18-19H,3,13-17H2,1-2H3,(H,24,28)/t18-,19+/m0/s1. The largest absolute Gasteiger partial charge is 0.369 e. The summed E-state index contributed by atoms with van der Waals surface area (Å²) < 4.78 is 0. The summed E-state index contributed by atoms with van der Waals surface area (Å²) in [5.41, 5.74) is 2.33. The number of nitro groups is 1. The molecule has 2 aromatic carbocycles. The van der Waals surface area contributed by atoms with E-state index >= 15 is 0 Å². The van der Waals surface area contributed by atoms with Crippen LogP contribution in [0.1, 0.15) is 31.7 Å². The van der Waals surface area contributed by atoms with Gasteiger partial charge in [0.15, 0.2) is 0 Å². The Labute approximate surface area is 177 Å². The lowest BCUT2D eigenvalue weighted by molar-refractivity contribution is -0.384. The molecule has 0 aliphatic carbocycles. The summed E-state index contributed by atoms with van der Waals surface area (Å²) in [6.07, 6.45) is 0.979. The highest BCUT2D eigenvalue weighted by molar-refractivity contribution is 5.81. The van der Waals surface area contributed by atoms with E-state index in [0.29, 0.717) is 12.5 Å². The maximum Gasteiger partial charge on any atom is 0.269 e. The summed E-state index contributed by atoms with van der Waals surface area (Å²) in [6.45, 7) is 7.88. The number of hydrogen-bond acceptors (Lipinski definition) is 5. The van der Waals surface area contributed by atoms with Crippen molar-refractivity contribution >= 4 is 17.3 Å². The van der Waals surface area contributed by atoms with Crippen LogP contribution in [0.3, 0.4) is 0 Å². The summed E-state index contributed by atoms with van der Waals surface area (Å²) in [7, 11) is 0. The van der Waals surface area contributed by atoms with Gasteiger partial charge in [0.2, 0.25) is 5.91 Å². The highest BCUT2D eigenvalue weighted by Crippen LogP contribution is 2.21. The van der Waals surface area contributed by atoms with Gasteiger partial charge in [0.05, 0.1) is 11.0 Å². The van der Waals surface area contributed by atoms with Crippen LogP contribution in [-0.2, 0) is 4.79 Å². The molecule has 0 bridgehead atoms. The van der Waals surface area contributed by atoms with Gasteiger partial charge in [-0.1, -0.05) is 37.3 Å². The zero-order valence-electron chi connectivity index (χ0n) is 17.7. The van der Waals surface area contributed by atoms with Gasteiger partial charge in [0, 0.05) is 56.5 Å². The maximum atomic E-state index is 12.7. The molecule has 0 aromatic heterocycles. The van der Waals surface area contributed by atoms with Gasteiger partial charge in [-0.25, -0.2) is 0 Å². The molecular formula is C23H30N4O3. The molecule has 0 radical (unpaired) electrons. The quantitative estimate of drug-likeness (QED) is 0.533. The van der Waals surface area contributed by atoms with Crippen LogP contribution in [0, 0.1) is 10.1 Å². The number of anilines is 1. The Morgan fingerprint density at radius 1 is 1.07 bits per heavy atom. The van der Waals surface area contributed by atoms with Crippen molar-refractivity contribution in [2.24, 2.45) is 0 Å². The molecule has 30 heavy (non-hydrogen) atoms. The monoisotopic (exact) mass is 410 g/mol. The number of rotatable bonds is 8. The lowest BCUT2D eigenvalue weighted by atomic mass is 9.96. The zero-order chi connectivity index (χ0) is 21.5. The van der Waals surface area contributed by atoms with Gasteiger partial charge in [0.1, 0.15) is 0 Å². The lowest BCUT2D eigenvalue weighted by Gasteiger charge is -2.38. The molecule has 1 N–H and O–H groups in total. The molecule has 1 aliphatic rings. The van der Waals surface area contributed by atoms with Crippen LogP contribution in [0.5, 0.6) is 0 Å². The van der Waals surface area contributed by atoms with Gasteiger partial charge in [-0.05, 0) is 31.0 Å². The second kappa shape index (κ2) is 10.2. The molecule has 1 saturated heterocycles. The second-order valence-electron chi connectivity index (χ2n) is 7.73. The smallest absolute Gasteiger partial charge is 0.269 e. The van der Waals surface area contributed by atoms with Crippen molar-refractivity contribution in [3.8, 4) is 0 Å². The Hall–Kier alpha value is -2.93. The number of non-ortho nitro benzene ring substituents is 1. The van der Waals surface area contributed by atoms with Crippen molar-refractivity contribution in [3.63, 3.8) is 0 Å². The van der Waals surface area contributed by atoms with E-state index in [9.17, 15) is 14.9 Å². The number of amides is 1. The van der Waals surface area contributed by atoms with Gasteiger partial charge >= 0.3 is 0 Å². The van der Waals surface area contributed by atoms with Crippen LogP contribution in [0.2, 0.25) is 0 Å². The number of nitrogens with one attached hydrogen (secondary N) is 1. The molecule has 0 spiro atoms. The molecule has 3 rings (SSSR count). The molecule has 1 heterocycles. The Morgan fingerprint density at radius 2 is 1.70 bits per heavy atom. The first kappa shape index (κ1) is 21.8. The maximum absolute atomic E-state index is 12.7. The van der Waals surface area contributed by atoms with Crippen LogP contribution < -0.4 is 10.2 Å². The summed E-state index contributed by atoms with van der Waals surface area (Å²) in [4.78, 5) is 27.5. The third kappa shape index (κ3) is 5.36. The number of nitro benzene ring substituents is 1. The SMILES string of the molecule is CC[C@H](CNC(=O)[C@H](C)N1CCN(c2ccc([N+](=O)[O-])cc2)CC1)c1ccccc1. The molecule has 1 amide bonds. The van der Waals surface area contributed by atoms with Crippen LogP contribution in [0.15, 0.2) is 54.6 Å². The van der Waals surface area contributed by atoms with Gasteiger partial charge in [0.25, 0.3) is 5.69 Å². The topological polar surface area (TPSA) is 78.7 Å². The fraction of sp³-hybridized carbons (Fsp3) is 0.435. The summed E-state index contributed by atoms with van der Waals surface area (Å²) in [5.74, 6) is 0.384. The van der Waals surface area contributed by atoms with Crippen LogP contribution in [0.4, 0.5) is 11.4 Å². The number of hydrogen-bond donors (Lipinski definition) is 1. The first-order valence-corrected chi connectivity index (χ1v) is 10.6. The van der Waals surface area contributed by atoms with Crippen molar-refractivity contribution < 1.29 is 9.72 Å². The number of piperazine rings is 1. The molecule has 2 aromatic rings. The van der Waals surface area contributed by atoms with Crippen molar-refractivity contribution in [1.82, 2.24) is 10.2 Å². The Kier molecular flexibility index (Phi) is 7.41. The van der Waals surface area contributed by atoms with Gasteiger partial charge in [-0.3, -0.25) is 19.8 Å². The number of carbonyl (C=O) groups excluding carboxylic acids is 1. The molecule has 7 nitrogen and oxygen atoms in total. The van der Waals surface area contributed by atoms with Crippen molar-refractivity contribution in [2.75, 3.05) is 37.6 Å². The molecule has 160 valence electrons. The first-order chi connectivity index (χ1) is 14.5. The Morgan fingerprint density at radius 3 is 2.27 bits per heavy atom. The van der Waals surface area contributed by atoms with Crippen LogP contribution in [0.25, 0.3) is 0 Å². The lowest BCUT2D eigenvalue weighted by Crippen LogP contribution is -2.54. The van der Waals surface area contributed by atoms with Crippen LogP contribution >= 0.6 is 0 Å². The minimum atomic E-state index is -0.386. The van der Waals surface area contributed by atoms with Gasteiger partial charge in [-0.2, -0.15) is 0 Å². The second-order valence-corrected chi connectivity index (χ2v) is 7.73. The predicted molar refractivity (Wildman–Crippen MR) is 119 cm³/mol. The average Bonchev–Trinajstić information content (AvgIpc) is 2.79. The average molecular weight is 411 g/mol. The van der Waals surface area contributed by atoms with Crippen molar-refractivity contribution in [3.05, 3.63) is 70.3 Å². The van der Waals surface area contributed by atoms with E-state index in [2.05, 4.69) is 34.2 Å². The van der Waals surface area contributed by atoms with E-state index in [-0.39, 0.29) is 22.6 Å². The highest BCUT2D eigenvalue weighted by atomic mass is 16.6. The number of carbonyl (C=O) groups is 1. The van der Waals surface area contributed by atoms with E-state index < -0.39 is 0 Å². The Bertz CT molecular complexity index is 833. The van der Waals surface area contributed by atoms with Crippen LogP contribution in [-0.4, -0.2) is 54.5 Å². The third-order valence-corrected chi connectivity index (χ3v) is 5.95. The minimum absolute atomic E-state index is 0.0631. The third-order valence-electron chi connectivity index (χ3n) is 5.95. The predicted octanol–water partition coefficient (Wildman–Crippen LogP) is 3.42. The highest BCUT2D eigenvalue weighted by Gasteiger charge is 2.26. The van der Waals surface area contributed by atoms with Gasteiger partial charge < -0.3 is 10.2 Å². The van der Waals surface area contributed by atoms with E-state index in [1.807, 2.05) is 25.1 Å². The number of benzene rings is 2. The summed E-state index contributed by atoms with van der Waals surface area (Å²) in [6, 6.07) is 16.8. The van der Waals surface area contributed by atoms with Gasteiger partial charge in [-0.15, -0.1) is 0 Å². The normalized spacial score (nSPS) is 16.7. The van der Waals surface area contributed by atoms with E-state index in [1.54, 1.807) is 12.1 Å². The molecule has 0 unspecified atom stereocenters. The fourth-order valence-corrected chi connectivity index (χ4v) is 3.91. The molecule has 0 saturated carbocycles. The summed E-state index contributed by atoms with van der Waals surface area (Å²) >= 11 is 0. The molecule has 1 aliphatic heterocycles. The molecule has 7 heteroatoms. The molecular weight excluding hydrogens is 380 g/mol.